The molecule has 1 unspecified atom stereocenters. The zero-order chi connectivity index (χ0) is 30.2. The fourth-order valence-corrected chi connectivity index (χ4v) is 5.05. The summed E-state index contributed by atoms with van der Waals surface area (Å²) in [6, 6.07) is 20.7. The molecule has 41 heavy (non-hydrogen) atoms. The van der Waals surface area contributed by atoms with Gasteiger partial charge in [0.1, 0.15) is 12.6 Å². The SMILES string of the molecule is CC(C)CNC(=O)C(Cc1ccccc1)N(Cc1ccccc1)C(=O)CN(c1cccc(C(F)(F)F)c1)S(C)(=O)=O. The van der Waals surface area contributed by atoms with Gasteiger partial charge in [-0.1, -0.05) is 80.6 Å². The Hall–Kier alpha value is -3.86. The third-order valence-corrected chi connectivity index (χ3v) is 7.43. The number of nitrogens with zero attached hydrogens (tertiary/aromatic N) is 2. The van der Waals surface area contributed by atoms with E-state index in [-0.39, 0.29) is 24.6 Å². The molecule has 0 saturated carbocycles. The molecule has 3 rings (SSSR count). The number of rotatable bonds is 12. The van der Waals surface area contributed by atoms with Gasteiger partial charge in [-0.05, 0) is 35.2 Å². The highest BCUT2D eigenvalue weighted by Crippen LogP contribution is 2.32. The molecular formula is C30H34F3N3O4S. The van der Waals surface area contributed by atoms with Gasteiger partial charge in [0.05, 0.1) is 17.5 Å². The maximum Gasteiger partial charge on any atom is 0.416 e. The van der Waals surface area contributed by atoms with Crippen molar-refractivity contribution in [2.45, 2.75) is 39.0 Å². The molecule has 220 valence electrons. The fourth-order valence-electron chi connectivity index (χ4n) is 4.21. The highest BCUT2D eigenvalue weighted by molar-refractivity contribution is 7.92. The van der Waals surface area contributed by atoms with Crippen molar-refractivity contribution < 1.29 is 31.2 Å². The summed E-state index contributed by atoms with van der Waals surface area (Å²) in [6.07, 6.45) is -3.75. The summed E-state index contributed by atoms with van der Waals surface area (Å²) in [4.78, 5) is 28.8. The molecule has 2 amide bonds. The van der Waals surface area contributed by atoms with Crippen LogP contribution >= 0.6 is 0 Å². The van der Waals surface area contributed by atoms with Crippen molar-refractivity contribution >= 4 is 27.5 Å². The van der Waals surface area contributed by atoms with E-state index in [4.69, 9.17) is 0 Å². The molecule has 3 aromatic carbocycles. The van der Waals surface area contributed by atoms with Gasteiger partial charge in [-0.3, -0.25) is 13.9 Å². The summed E-state index contributed by atoms with van der Waals surface area (Å²) in [5.41, 5.74) is 0.118. The van der Waals surface area contributed by atoms with Crippen molar-refractivity contribution in [3.05, 3.63) is 102 Å². The Morgan fingerprint density at radius 1 is 0.878 bits per heavy atom. The molecule has 1 atom stereocenters. The standard InChI is InChI=1S/C30H34F3N3O4S/c1-22(2)19-34-29(38)27(17-23-11-6-4-7-12-23)35(20-24-13-8-5-9-14-24)28(37)21-36(41(3,39)40)26-16-10-15-25(18-26)30(31,32)33/h4-16,18,22,27H,17,19-21H2,1-3H3,(H,34,38). The lowest BCUT2D eigenvalue weighted by Crippen LogP contribution is -2.53. The van der Waals surface area contributed by atoms with E-state index in [1.807, 2.05) is 32.0 Å². The van der Waals surface area contributed by atoms with Crippen molar-refractivity contribution in [2.75, 3.05) is 23.7 Å². The lowest BCUT2D eigenvalue weighted by molar-refractivity contribution is -0.140. The van der Waals surface area contributed by atoms with Gasteiger partial charge in [-0.2, -0.15) is 13.2 Å². The Morgan fingerprint density at radius 2 is 1.46 bits per heavy atom. The van der Waals surface area contributed by atoms with Gasteiger partial charge in [0.2, 0.25) is 21.8 Å². The van der Waals surface area contributed by atoms with Gasteiger partial charge in [-0.15, -0.1) is 0 Å². The van der Waals surface area contributed by atoms with Gasteiger partial charge in [0.25, 0.3) is 0 Å². The Labute approximate surface area is 239 Å². The number of hydrogen-bond donors (Lipinski definition) is 1. The highest BCUT2D eigenvalue weighted by atomic mass is 32.2. The van der Waals surface area contributed by atoms with Gasteiger partial charge in [0, 0.05) is 19.5 Å². The van der Waals surface area contributed by atoms with Gasteiger partial charge in [0.15, 0.2) is 0 Å². The topological polar surface area (TPSA) is 86.8 Å². The third-order valence-electron chi connectivity index (χ3n) is 6.29. The first-order valence-electron chi connectivity index (χ1n) is 13.1. The second-order valence-corrected chi connectivity index (χ2v) is 12.1. The third kappa shape index (κ3) is 9.34. The van der Waals surface area contributed by atoms with Crippen LogP contribution in [0, 0.1) is 5.92 Å². The van der Waals surface area contributed by atoms with Crippen LogP contribution in [0.25, 0.3) is 0 Å². The summed E-state index contributed by atoms with van der Waals surface area (Å²) in [6.45, 7) is 3.40. The van der Waals surface area contributed by atoms with Gasteiger partial charge in [-0.25, -0.2) is 8.42 Å². The number of carbonyl (C=O) groups is 2. The number of nitrogens with one attached hydrogen (secondary N) is 1. The zero-order valence-corrected chi connectivity index (χ0v) is 24.0. The molecule has 0 aliphatic carbocycles. The van der Waals surface area contributed by atoms with Gasteiger partial charge < -0.3 is 10.2 Å². The number of carbonyl (C=O) groups excluding carboxylic acids is 2. The van der Waals surface area contributed by atoms with Crippen molar-refractivity contribution in [3.63, 3.8) is 0 Å². The van der Waals surface area contributed by atoms with Crippen LogP contribution in [0.1, 0.15) is 30.5 Å². The van der Waals surface area contributed by atoms with E-state index in [9.17, 15) is 31.2 Å². The summed E-state index contributed by atoms with van der Waals surface area (Å²) in [7, 11) is -4.19. The second-order valence-electron chi connectivity index (χ2n) is 10.2. The molecule has 11 heteroatoms. The molecule has 7 nitrogen and oxygen atoms in total. The summed E-state index contributed by atoms with van der Waals surface area (Å²) in [5, 5.41) is 2.87. The maximum absolute atomic E-state index is 14.0. The minimum Gasteiger partial charge on any atom is -0.354 e. The van der Waals surface area contributed by atoms with Crippen LogP contribution in [0.5, 0.6) is 0 Å². The van der Waals surface area contributed by atoms with Crippen molar-refractivity contribution in [2.24, 2.45) is 5.92 Å². The Balaban J connectivity index is 2.05. The van der Waals surface area contributed by atoms with Crippen molar-refractivity contribution in [1.82, 2.24) is 10.2 Å². The minimum atomic E-state index is -4.71. The number of hydrogen-bond acceptors (Lipinski definition) is 4. The molecule has 3 aromatic rings. The van der Waals surface area contributed by atoms with Crippen LogP contribution in [-0.2, 0) is 38.8 Å². The highest BCUT2D eigenvalue weighted by Gasteiger charge is 2.35. The fraction of sp³-hybridized carbons (Fsp3) is 0.333. The second kappa shape index (κ2) is 13.7. The van der Waals surface area contributed by atoms with Crippen LogP contribution in [0.15, 0.2) is 84.9 Å². The average molecular weight is 590 g/mol. The van der Waals surface area contributed by atoms with E-state index < -0.39 is 46.2 Å². The van der Waals surface area contributed by atoms with E-state index in [1.54, 1.807) is 42.5 Å². The monoisotopic (exact) mass is 589 g/mol. The summed E-state index contributed by atoms with van der Waals surface area (Å²) < 4.78 is 66.4. The molecule has 0 saturated heterocycles. The number of sulfonamides is 1. The zero-order valence-electron chi connectivity index (χ0n) is 23.1. The van der Waals surface area contributed by atoms with Crippen LogP contribution in [0.3, 0.4) is 0 Å². The molecule has 0 heterocycles. The van der Waals surface area contributed by atoms with E-state index >= 15 is 0 Å². The quantitative estimate of drug-likeness (QED) is 0.326. The number of halogens is 3. The molecule has 0 aliphatic rings. The van der Waals surface area contributed by atoms with Crippen LogP contribution in [0.2, 0.25) is 0 Å². The van der Waals surface area contributed by atoms with Crippen LogP contribution in [-0.4, -0.2) is 50.5 Å². The van der Waals surface area contributed by atoms with E-state index in [0.717, 1.165) is 24.0 Å². The Bertz CT molecular complexity index is 1420. The first kappa shape index (κ1) is 31.7. The predicted molar refractivity (Wildman–Crippen MR) is 152 cm³/mol. The average Bonchev–Trinajstić information content (AvgIpc) is 2.92. The van der Waals surface area contributed by atoms with Crippen molar-refractivity contribution in [3.8, 4) is 0 Å². The van der Waals surface area contributed by atoms with Crippen LogP contribution < -0.4 is 9.62 Å². The first-order chi connectivity index (χ1) is 19.3. The summed E-state index contributed by atoms with van der Waals surface area (Å²) >= 11 is 0. The van der Waals surface area contributed by atoms with E-state index in [0.29, 0.717) is 22.5 Å². The first-order valence-corrected chi connectivity index (χ1v) is 14.9. The normalized spacial score (nSPS) is 12.6. The molecule has 0 aliphatic heterocycles. The molecule has 0 spiro atoms. The molecule has 0 bridgehead atoms. The molecule has 0 fully saturated rings. The number of anilines is 1. The molecule has 1 N–H and O–H groups in total. The largest absolute Gasteiger partial charge is 0.416 e. The Kier molecular flexibility index (Phi) is 10.6. The summed E-state index contributed by atoms with van der Waals surface area (Å²) in [5.74, 6) is -1.02. The van der Waals surface area contributed by atoms with Gasteiger partial charge >= 0.3 is 6.18 Å². The molecule has 0 radical (unpaired) electrons. The van der Waals surface area contributed by atoms with E-state index in [1.165, 1.54) is 11.0 Å². The van der Waals surface area contributed by atoms with Crippen LogP contribution in [0.4, 0.5) is 18.9 Å². The Morgan fingerprint density at radius 3 is 2.00 bits per heavy atom. The molecule has 0 aromatic heterocycles. The van der Waals surface area contributed by atoms with E-state index in [2.05, 4.69) is 5.32 Å². The molecular weight excluding hydrogens is 555 g/mol. The minimum absolute atomic E-state index is 0.0214. The number of amides is 2. The maximum atomic E-state index is 14.0. The lowest BCUT2D eigenvalue weighted by Gasteiger charge is -2.33. The predicted octanol–water partition coefficient (Wildman–Crippen LogP) is 4.88. The number of alkyl halides is 3. The number of benzene rings is 3. The lowest BCUT2D eigenvalue weighted by atomic mass is 10.0. The smallest absolute Gasteiger partial charge is 0.354 e. The van der Waals surface area contributed by atoms with Crippen molar-refractivity contribution in [1.29, 1.82) is 0 Å².